The fourth-order valence-electron chi connectivity index (χ4n) is 0.764. The molecule has 0 saturated heterocycles. The van der Waals surface area contributed by atoms with Crippen LogP contribution in [0.25, 0.3) is 6.08 Å². The van der Waals surface area contributed by atoms with Crippen LogP contribution >= 0.6 is 0 Å². The summed E-state index contributed by atoms with van der Waals surface area (Å²) >= 11 is 0. The first kappa shape index (κ1) is 9.38. The van der Waals surface area contributed by atoms with E-state index in [9.17, 15) is 18.7 Å². The van der Waals surface area contributed by atoms with Gasteiger partial charge in [0.1, 0.15) is 17.6 Å². The minimum Gasteiger partial charge on any atom is -0.542 e. The van der Waals surface area contributed by atoms with Crippen LogP contribution in [-0.4, -0.2) is 5.97 Å². The number of benzene rings is 1. The Balaban J connectivity index is 2.92. The van der Waals surface area contributed by atoms with Gasteiger partial charge in [-0.3, -0.25) is 0 Å². The molecular weight excluding hydrogens is 178 g/mol. The molecule has 1 aromatic carbocycles. The van der Waals surface area contributed by atoms with Gasteiger partial charge in [-0.1, -0.05) is 12.1 Å². The Morgan fingerprint density at radius 1 is 1.31 bits per heavy atom. The van der Waals surface area contributed by atoms with Crippen LogP contribution in [0.4, 0.5) is 8.78 Å². The van der Waals surface area contributed by atoms with Crippen molar-refractivity contribution in [1.82, 2.24) is 0 Å². The minimum atomic E-state index is -1.88. The van der Waals surface area contributed by atoms with E-state index in [0.717, 1.165) is 18.2 Å². The molecular formula is C9H5F2O2-. The molecule has 0 aliphatic carbocycles. The average molecular weight is 183 g/mol. The van der Waals surface area contributed by atoms with Crippen LogP contribution < -0.4 is 5.11 Å². The van der Waals surface area contributed by atoms with Gasteiger partial charge in [0.25, 0.3) is 0 Å². The van der Waals surface area contributed by atoms with E-state index in [2.05, 4.69) is 0 Å². The highest BCUT2D eigenvalue weighted by Gasteiger charge is 1.96. The van der Waals surface area contributed by atoms with Crippen LogP contribution in [0.15, 0.2) is 30.1 Å². The second kappa shape index (κ2) is 3.80. The third kappa shape index (κ3) is 2.66. The van der Waals surface area contributed by atoms with Crippen LogP contribution in [-0.2, 0) is 4.79 Å². The van der Waals surface area contributed by atoms with Gasteiger partial charge in [-0.2, -0.15) is 0 Å². The van der Waals surface area contributed by atoms with E-state index in [0.29, 0.717) is 0 Å². The highest BCUT2D eigenvalue weighted by molar-refractivity contribution is 5.87. The number of rotatable bonds is 2. The van der Waals surface area contributed by atoms with Crippen LogP contribution in [0.5, 0.6) is 0 Å². The number of hydrogen-bond acceptors (Lipinski definition) is 2. The number of hydrogen-bond donors (Lipinski definition) is 0. The lowest BCUT2D eigenvalue weighted by molar-refractivity contribution is -0.301. The average Bonchev–Trinajstić information content (AvgIpc) is 2.08. The van der Waals surface area contributed by atoms with Gasteiger partial charge in [-0.05, 0) is 23.8 Å². The van der Waals surface area contributed by atoms with E-state index in [1.165, 1.54) is 12.1 Å². The van der Waals surface area contributed by atoms with Crippen molar-refractivity contribution < 1.29 is 18.7 Å². The Labute approximate surface area is 73.1 Å². The molecule has 68 valence electrons. The number of carbonyl (C=O) groups is 1. The number of halogens is 2. The summed E-state index contributed by atoms with van der Waals surface area (Å²) in [4.78, 5) is 9.94. The van der Waals surface area contributed by atoms with Gasteiger partial charge < -0.3 is 9.90 Å². The van der Waals surface area contributed by atoms with Crippen LogP contribution in [0.3, 0.4) is 0 Å². The molecule has 1 rings (SSSR count). The van der Waals surface area contributed by atoms with E-state index in [1.54, 1.807) is 0 Å². The van der Waals surface area contributed by atoms with E-state index < -0.39 is 17.6 Å². The number of carboxylic acid groups (broad SMARTS) is 1. The van der Waals surface area contributed by atoms with E-state index in [-0.39, 0.29) is 5.56 Å². The maximum atomic E-state index is 12.4. The second-order valence-corrected chi connectivity index (χ2v) is 2.33. The summed E-state index contributed by atoms with van der Waals surface area (Å²) in [5, 5.41) is 9.94. The fraction of sp³-hybridized carbons (Fsp3) is 0. The number of carbonyl (C=O) groups excluding carboxylic acids is 1. The first-order valence-corrected chi connectivity index (χ1v) is 3.43. The zero-order chi connectivity index (χ0) is 9.84. The van der Waals surface area contributed by atoms with Crippen molar-refractivity contribution in [2.24, 2.45) is 0 Å². The van der Waals surface area contributed by atoms with Gasteiger partial charge in [-0.25, -0.2) is 8.78 Å². The highest BCUT2D eigenvalue weighted by atomic mass is 19.1. The number of aliphatic carboxylic acids is 1. The molecule has 0 atom stereocenters. The van der Waals surface area contributed by atoms with Gasteiger partial charge in [0.15, 0.2) is 0 Å². The van der Waals surface area contributed by atoms with Crippen molar-refractivity contribution in [3.8, 4) is 0 Å². The molecule has 0 aromatic heterocycles. The monoisotopic (exact) mass is 183 g/mol. The summed E-state index contributed by atoms with van der Waals surface area (Å²) in [6.45, 7) is 0. The Morgan fingerprint density at radius 2 is 1.85 bits per heavy atom. The number of carboxylic acids is 1. The van der Waals surface area contributed by atoms with Gasteiger partial charge in [-0.15, -0.1) is 0 Å². The summed E-state index contributed by atoms with van der Waals surface area (Å²) in [7, 11) is 0. The predicted molar refractivity (Wildman–Crippen MR) is 40.5 cm³/mol. The fourth-order valence-corrected chi connectivity index (χ4v) is 0.764. The third-order valence-electron chi connectivity index (χ3n) is 1.36. The Morgan fingerprint density at radius 3 is 2.31 bits per heavy atom. The van der Waals surface area contributed by atoms with Crippen LogP contribution in [0.2, 0.25) is 0 Å². The van der Waals surface area contributed by atoms with Crippen molar-refractivity contribution in [2.45, 2.75) is 0 Å². The molecule has 0 saturated carbocycles. The summed E-state index contributed by atoms with van der Waals surface area (Å²) in [6.07, 6.45) is 0.759. The quantitative estimate of drug-likeness (QED) is 0.638. The van der Waals surface area contributed by atoms with Crippen LogP contribution in [0.1, 0.15) is 5.56 Å². The van der Waals surface area contributed by atoms with Gasteiger partial charge >= 0.3 is 0 Å². The smallest absolute Gasteiger partial charge is 0.146 e. The Hall–Kier alpha value is -1.71. The standard InChI is InChI=1S/C9H6F2O2/c10-7-3-1-6(2-4-7)5-8(11)9(12)13/h1-5H,(H,12,13)/p-1/b8-5-. The molecule has 0 bridgehead atoms. The molecule has 0 unspecified atom stereocenters. The van der Waals surface area contributed by atoms with Crippen molar-refractivity contribution >= 4 is 12.0 Å². The molecule has 0 amide bonds. The van der Waals surface area contributed by atoms with Crippen molar-refractivity contribution in [3.63, 3.8) is 0 Å². The van der Waals surface area contributed by atoms with Crippen molar-refractivity contribution in [2.75, 3.05) is 0 Å². The minimum absolute atomic E-state index is 0.267. The molecule has 0 fully saturated rings. The van der Waals surface area contributed by atoms with Crippen molar-refractivity contribution in [3.05, 3.63) is 41.5 Å². The molecule has 0 heterocycles. The Bertz CT molecular complexity index is 341. The van der Waals surface area contributed by atoms with Crippen molar-refractivity contribution in [1.29, 1.82) is 0 Å². The topological polar surface area (TPSA) is 40.1 Å². The summed E-state index contributed by atoms with van der Waals surface area (Å²) < 4.78 is 24.8. The van der Waals surface area contributed by atoms with Gasteiger partial charge in [0.05, 0.1) is 0 Å². The molecule has 4 heteroatoms. The highest BCUT2D eigenvalue weighted by Crippen LogP contribution is 2.08. The Kier molecular flexibility index (Phi) is 2.74. The molecule has 13 heavy (non-hydrogen) atoms. The van der Waals surface area contributed by atoms with E-state index in [1.807, 2.05) is 0 Å². The molecule has 1 aromatic rings. The second-order valence-electron chi connectivity index (χ2n) is 2.33. The lowest BCUT2D eigenvalue weighted by Crippen LogP contribution is -2.22. The summed E-state index contributed by atoms with van der Waals surface area (Å²) in [5.74, 6) is -3.73. The zero-order valence-electron chi connectivity index (χ0n) is 6.46. The summed E-state index contributed by atoms with van der Waals surface area (Å²) in [6, 6.07) is 4.73. The predicted octanol–water partition coefficient (Wildman–Crippen LogP) is 0.886. The largest absolute Gasteiger partial charge is 0.542 e. The molecule has 0 radical (unpaired) electrons. The van der Waals surface area contributed by atoms with Crippen LogP contribution in [0, 0.1) is 5.82 Å². The molecule has 2 nitrogen and oxygen atoms in total. The van der Waals surface area contributed by atoms with Gasteiger partial charge in [0, 0.05) is 0 Å². The molecule has 0 aliphatic rings. The zero-order valence-corrected chi connectivity index (χ0v) is 6.46. The SMILES string of the molecule is O=C([O-])/C(F)=C/c1ccc(F)cc1. The van der Waals surface area contributed by atoms with E-state index >= 15 is 0 Å². The third-order valence-corrected chi connectivity index (χ3v) is 1.36. The van der Waals surface area contributed by atoms with E-state index in [4.69, 9.17) is 0 Å². The normalized spacial score (nSPS) is 11.4. The lowest BCUT2D eigenvalue weighted by atomic mass is 10.2. The maximum absolute atomic E-state index is 12.4. The first-order chi connectivity index (χ1) is 6.09. The molecule has 0 N–H and O–H groups in total. The maximum Gasteiger partial charge on any atom is 0.146 e. The lowest BCUT2D eigenvalue weighted by Gasteiger charge is -1.97. The first-order valence-electron chi connectivity index (χ1n) is 3.43. The molecule has 0 spiro atoms. The summed E-state index contributed by atoms with van der Waals surface area (Å²) in [5.41, 5.74) is 0.267. The van der Waals surface area contributed by atoms with Gasteiger partial charge in [0.2, 0.25) is 0 Å². The molecule has 0 aliphatic heterocycles.